The molecular formula is C16H24ClNO. The van der Waals surface area contributed by atoms with E-state index in [1.54, 1.807) is 0 Å². The minimum absolute atomic E-state index is 0.413. The van der Waals surface area contributed by atoms with Gasteiger partial charge >= 0.3 is 0 Å². The summed E-state index contributed by atoms with van der Waals surface area (Å²) in [6, 6.07) is 7.53. The van der Waals surface area contributed by atoms with Crippen molar-refractivity contribution >= 4 is 11.6 Å². The van der Waals surface area contributed by atoms with Gasteiger partial charge in [-0.25, -0.2) is 0 Å². The van der Waals surface area contributed by atoms with Gasteiger partial charge in [0, 0.05) is 18.1 Å². The molecule has 0 aliphatic carbocycles. The third-order valence-corrected chi connectivity index (χ3v) is 4.17. The summed E-state index contributed by atoms with van der Waals surface area (Å²) in [4.78, 5) is 2.47. The maximum absolute atomic E-state index is 10.2. The molecule has 0 spiro atoms. The zero-order valence-electron chi connectivity index (χ0n) is 11.9. The normalized spacial score (nSPS) is 21.3. The van der Waals surface area contributed by atoms with Crippen LogP contribution in [-0.4, -0.2) is 29.6 Å². The number of aliphatic hydroxyl groups excluding tert-OH is 1. The average Bonchev–Trinajstić information content (AvgIpc) is 2.35. The lowest BCUT2D eigenvalue weighted by Crippen LogP contribution is -2.40. The van der Waals surface area contributed by atoms with E-state index < -0.39 is 6.10 Å². The van der Waals surface area contributed by atoms with Crippen LogP contribution in [0.2, 0.25) is 5.02 Å². The molecule has 1 aromatic rings. The maximum Gasteiger partial charge on any atom is 0.0802 e. The number of benzene rings is 1. The zero-order chi connectivity index (χ0) is 13.9. The van der Waals surface area contributed by atoms with Gasteiger partial charge in [-0.15, -0.1) is 0 Å². The molecule has 3 heteroatoms. The number of hydrogen-bond donors (Lipinski definition) is 1. The second-order valence-electron chi connectivity index (χ2n) is 6.40. The van der Waals surface area contributed by atoms with Gasteiger partial charge in [0.1, 0.15) is 0 Å². The van der Waals surface area contributed by atoms with E-state index in [0.717, 1.165) is 31.6 Å². The highest BCUT2D eigenvalue weighted by atomic mass is 35.5. The van der Waals surface area contributed by atoms with Gasteiger partial charge in [0.2, 0.25) is 0 Å². The van der Waals surface area contributed by atoms with E-state index in [-0.39, 0.29) is 0 Å². The van der Waals surface area contributed by atoms with Crippen molar-refractivity contribution < 1.29 is 5.11 Å². The summed E-state index contributed by atoms with van der Waals surface area (Å²) in [5, 5.41) is 10.9. The third-order valence-electron chi connectivity index (χ3n) is 3.93. The van der Waals surface area contributed by atoms with Crippen molar-refractivity contribution in [3.8, 4) is 0 Å². The number of piperidine rings is 1. The summed E-state index contributed by atoms with van der Waals surface area (Å²) in [5.41, 5.74) is 1.34. The van der Waals surface area contributed by atoms with E-state index in [2.05, 4.69) is 18.7 Å². The number of likely N-dealkylation sites (tertiary alicyclic amines) is 1. The van der Waals surface area contributed by atoms with Gasteiger partial charge in [-0.05, 0) is 48.9 Å². The Labute approximate surface area is 121 Å². The molecule has 1 unspecified atom stereocenters. The van der Waals surface area contributed by atoms with E-state index in [4.69, 9.17) is 11.6 Å². The second-order valence-corrected chi connectivity index (χ2v) is 6.84. The smallest absolute Gasteiger partial charge is 0.0802 e. The maximum atomic E-state index is 10.2. The van der Waals surface area contributed by atoms with Crippen molar-refractivity contribution in [2.75, 3.05) is 19.6 Å². The fourth-order valence-electron chi connectivity index (χ4n) is 2.92. The molecular weight excluding hydrogens is 258 g/mol. The van der Waals surface area contributed by atoms with Gasteiger partial charge in [-0.1, -0.05) is 37.6 Å². The summed E-state index contributed by atoms with van der Waals surface area (Å²) < 4.78 is 0. The number of nitrogens with zero attached hydrogens (tertiary/aromatic N) is 1. The molecule has 1 heterocycles. The molecule has 0 saturated carbocycles. The molecule has 106 valence electrons. The average molecular weight is 282 g/mol. The molecule has 0 aromatic heterocycles. The first-order valence-corrected chi connectivity index (χ1v) is 7.50. The first kappa shape index (κ1) is 14.8. The van der Waals surface area contributed by atoms with Gasteiger partial charge in [-0.2, -0.15) is 0 Å². The van der Waals surface area contributed by atoms with Crippen LogP contribution >= 0.6 is 11.6 Å². The number of aliphatic hydroxyl groups is 1. The van der Waals surface area contributed by atoms with Crippen molar-refractivity contribution in [2.45, 2.75) is 39.2 Å². The van der Waals surface area contributed by atoms with Gasteiger partial charge in [0.05, 0.1) is 6.10 Å². The Morgan fingerprint density at radius 2 is 2.21 bits per heavy atom. The van der Waals surface area contributed by atoms with Gasteiger partial charge in [0.25, 0.3) is 0 Å². The largest absolute Gasteiger partial charge is 0.388 e. The van der Waals surface area contributed by atoms with Crippen molar-refractivity contribution in [1.82, 2.24) is 4.90 Å². The zero-order valence-corrected chi connectivity index (χ0v) is 12.7. The lowest BCUT2D eigenvalue weighted by atomic mass is 9.84. The van der Waals surface area contributed by atoms with Crippen LogP contribution < -0.4 is 0 Å². The van der Waals surface area contributed by atoms with Crippen LogP contribution in [-0.2, 0) is 0 Å². The standard InChI is InChI=1S/C16H24ClNO/c1-16(2)8-4-9-18(12-16)10-7-15(19)13-5-3-6-14(17)11-13/h3,5-6,11,15,19H,4,7-10,12H2,1-2H3. The first-order valence-electron chi connectivity index (χ1n) is 7.12. The van der Waals surface area contributed by atoms with Crippen molar-refractivity contribution in [1.29, 1.82) is 0 Å². The quantitative estimate of drug-likeness (QED) is 0.905. The summed E-state index contributed by atoms with van der Waals surface area (Å²) >= 11 is 5.95. The number of rotatable bonds is 4. The molecule has 1 aromatic carbocycles. The number of halogens is 1. The van der Waals surface area contributed by atoms with Crippen LogP contribution in [0, 0.1) is 5.41 Å². The fourth-order valence-corrected chi connectivity index (χ4v) is 3.12. The molecule has 0 amide bonds. The predicted molar refractivity (Wildman–Crippen MR) is 80.5 cm³/mol. The van der Waals surface area contributed by atoms with Crippen LogP contribution in [0.25, 0.3) is 0 Å². The van der Waals surface area contributed by atoms with E-state index in [9.17, 15) is 5.11 Å². The third kappa shape index (κ3) is 4.48. The highest BCUT2D eigenvalue weighted by molar-refractivity contribution is 6.30. The molecule has 0 bridgehead atoms. The summed E-state index contributed by atoms with van der Waals surface area (Å²) in [6.45, 7) is 7.90. The van der Waals surface area contributed by atoms with Crippen LogP contribution in [0.1, 0.15) is 44.8 Å². The van der Waals surface area contributed by atoms with Crippen LogP contribution in [0.4, 0.5) is 0 Å². The Morgan fingerprint density at radius 3 is 2.89 bits per heavy atom. The fraction of sp³-hybridized carbons (Fsp3) is 0.625. The molecule has 1 atom stereocenters. The predicted octanol–water partition coefficient (Wildman–Crippen LogP) is 3.89. The van der Waals surface area contributed by atoms with E-state index in [0.29, 0.717) is 10.4 Å². The van der Waals surface area contributed by atoms with Gasteiger partial charge in [0.15, 0.2) is 0 Å². The topological polar surface area (TPSA) is 23.5 Å². The summed E-state index contributed by atoms with van der Waals surface area (Å²) in [7, 11) is 0. The SMILES string of the molecule is CC1(C)CCCN(CCC(O)c2cccc(Cl)c2)C1. The van der Waals surface area contributed by atoms with E-state index in [1.807, 2.05) is 24.3 Å². The van der Waals surface area contributed by atoms with Gasteiger partial charge in [-0.3, -0.25) is 0 Å². The first-order chi connectivity index (χ1) is 8.96. The van der Waals surface area contributed by atoms with Crippen molar-refractivity contribution in [2.24, 2.45) is 5.41 Å². The second kappa shape index (κ2) is 6.25. The molecule has 2 rings (SSSR count). The molecule has 2 nitrogen and oxygen atoms in total. The molecule has 1 aliphatic rings. The van der Waals surface area contributed by atoms with E-state index in [1.165, 1.54) is 12.8 Å². The monoisotopic (exact) mass is 281 g/mol. The van der Waals surface area contributed by atoms with Crippen LogP contribution in [0.15, 0.2) is 24.3 Å². The Kier molecular flexibility index (Phi) is 4.88. The molecule has 1 saturated heterocycles. The minimum atomic E-state index is -0.413. The lowest BCUT2D eigenvalue weighted by molar-refractivity contribution is 0.0899. The summed E-state index contributed by atoms with van der Waals surface area (Å²) in [6.07, 6.45) is 2.93. The van der Waals surface area contributed by atoms with Gasteiger partial charge < -0.3 is 10.0 Å². The Morgan fingerprint density at radius 1 is 1.42 bits per heavy atom. The number of hydrogen-bond acceptors (Lipinski definition) is 2. The summed E-state index contributed by atoms with van der Waals surface area (Å²) in [5.74, 6) is 0. The van der Waals surface area contributed by atoms with Crippen molar-refractivity contribution in [3.63, 3.8) is 0 Å². The molecule has 1 fully saturated rings. The van der Waals surface area contributed by atoms with E-state index >= 15 is 0 Å². The van der Waals surface area contributed by atoms with Crippen LogP contribution in [0.5, 0.6) is 0 Å². The van der Waals surface area contributed by atoms with Crippen molar-refractivity contribution in [3.05, 3.63) is 34.9 Å². The Balaban J connectivity index is 1.85. The molecule has 1 aliphatic heterocycles. The molecule has 19 heavy (non-hydrogen) atoms. The Bertz CT molecular complexity index is 419. The molecule has 0 radical (unpaired) electrons. The van der Waals surface area contributed by atoms with Crippen LogP contribution in [0.3, 0.4) is 0 Å². The highest BCUT2D eigenvalue weighted by Crippen LogP contribution is 2.29. The minimum Gasteiger partial charge on any atom is -0.388 e. The molecule has 1 N–H and O–H groups in total. The Hall–Kier alpha value is -0.570. The lowest BCUT2D eigenvalue weighted by Gasteiger charge is -2.38. The highest BCUT2D eigenvalue weighted by Gasteiger charge is 2.26.